The van der Waals surface area contributed by atoms with Crippen molar-refractivity contribution in [3.8, 4) is 11.5 Å². The Morgan fingerprint density at radius 1 is 1.17 bits per heavy atom. The Labute approximate surface area is 210 Å². The second-order valence-electron chi connectivity index (χ2n) is 12.3. The van der Waals surface area contributed by atoms with Crippen molar-refractivity contribution in [2.75, 3.05) is 27.0 Å². The highest BCUT2D eigenvalue weighted by molar-refractivity contribution is 5.63. The number of unbranched alkanes of at least 4 members (excludes halogenated alkanes) is 1. The second-order valence-corrected chi connectivity index (χ2v) is 12.3. The van der Waals surface area contributed by atoms with Crippen LogP contribution in [0, 0.1) is 23.2 Å². The number of ether oxygens (including phenoxy) is 4. The van der Waals surface area contributed by atoms with Crippen molar-refractivity contribution in [2.24, 2.45) is 23.2 Å². The summed E-state index contributed by atoms with van der Waals surface area (Å²) in [5, 5.41) is 0. The number of likely N-dealkylation sites (tertiary alicyclic amines) is 1. The molecule has 3 heterocycles. The number of rotatable bonds is 6. The van der Waals surface area contributed by atoms with Gasteiger partial charge in [0.1, 0.15) is 19.0 Å². The molecule has 3 aliphatic heterocycles. The molecule has 0 N–H and O–H groups in total. The van der Waals surface area contributed by atoms with Gasteiger partial charge in [0.2, 0.25) is 0 Å². The van der Waals surface area contributed by atoms with Gasteiger partial charge < -0.3 is 18.9 Å². The van der Waals surface area contributed by atoms with Crippen molar-refractivity contribution in [1.82, 2.24) is 4.90 Å². The predicted octanol–water partition coefficient (Wildman–Crippen LogP) is 5.33. The topological polar surface area (TPSA) is 40.2 Å². The SMILES string of the molecule is CC.CCCCC1OCOC2[C@@H]1CC1C3N(CC4CC4)CC34Cc3ccc(OC)c5c3C1(C4)[C@H]2O5. The van der Waals surface area contributed by atoms with E-state index in [0.717, 1.165) is 23.8 Å². The lowest BCUT2D eigenvalue weighted by molar-refractivity contribution is -0.254. The number of hydrogen-bond acceptors (Lipinski definition) is 5. The molecule has 192 valence electrons. The molecule has 8 rings (SSSR count). The molecule has 5 nitrogen and oxygen atoms in total. The smallest absolute Gasteiger partial charge is 0.165 e. The largest absolute Gasteiger partial charge is 0.493 e. The first-order chi connectivity index (χ1) is 17.2. The van der Waals surface area contributed by atoms with Gasteiger partial charge in [-0.3, -0.25) is 4.90 Å². The maximum absolute atomic E-state index is 6.99. The molecule has 6 unspecified atom stereocenters. The Bertz CT molecular complexity index is 993. The van der Waals surface area contributed by atoms with E-state index in [9.17, 15) is 0 Å². The summed E-state index contributed by atoms with van der Waals surface area (Å²) < 4.78 is 25.6. The molecule has 0 radical (unpaired) electrons. The molecule has 0 aromatic heterocycles. The first-order valence-corrected chi connectivity index (χ1v) is 14.5. The molecule has 4 aliphatic carbocycles. The molecular weight excluding hydrogens is 438 g/mol. The van der Waals surface area contributed by atoms with E-state index in [0.29, 0.717) is 36.2 Å². The minimum atomic E-state index is 0.0915. The Morgan fingerprint density at radius 2 is 2.03 bits per heavy atom. The summed E-state index contributed by atoms with van der Waals surface area (Å²) in [7, 11) is 1.78. The molecule has 5 heteroatoms. The van der Waals surface area contributed by atoms with Gasteiger partial charge in [-0.2, -0.15) is 0 Å². The highest BCUT2D eigenvalue weighted by Crippen LogP contribution is 2.75. The van der Waals surface area contributed by atoms with Crippen LogP contribution in [0.25, 0.3) is 0 Å². The van der Waals surface area contributed by atoms with Crippen molar-refractivity contribution in [1.29, 1.82) is 0 Å². The van der Waals surface area contributed by atoms with Crippen molar-refractivity contribution in [3.63, 3.8) is 0 Å². The summed E-state index contributed by atoms with van der Waals surface area (Å²) in [5.41, 5.74) is 3.55. The lowest BCUT2D eigenvalue weighted by atomic mass is 9.56. The van der Waals surface area contributed by atoms with E-state index in [4.69, 9.17) is 18.9 Å². The minimum Gasteiger partial charge on any atom is -0.493 e. The molecule has 3 saturated carbocycles. The van der Waals surface area contributed by atoms with E-state index in [1.54, 1.807) is 7.11 Å². The average Bonchev–Trinajstić information content (AvgIpc) is 3.59. The fraction of sp³-hybridized carbons (Fsp3) is 0.800. The summed E-state index contributed by atoms with van der Waals surface area (Å²) in [6.07, 6.45) is 10.7. The normalized spacial score (nSPS) is 43.7. The van der Waals surface area contributed by atoms with Crippen LogP contribution in [0.4, 0.5) is 0 Å². The molecule has 2 bridgehead atoms. The van der Waals surface area contributed by atoms with Gasteiger partial charge in [-0.1, -0.05) is 39.7 Å². The van der Waals surface area contributed by atoms with Gasteiger partial charge in [0.05, 0.1) is 13.2 Å². The fourth-order valence-corrected chi connectivity index (χ4v) is 9.58. The lowest BCUT2D eigenvalue weighted by Gasteiger charge is -2.57. The highest BCUT2D eigenvalue weighted by Gasteiger charge is 2.78. The molecule has 7 aliphatic rings. The molecule has 2 saturated heterocycles. The zero-order valence-corrected chi connectivity index (χ0v) is 22.1. The van der Waals surface area contributed by atoms with Gasteiger partial charge >= 0.3 is 0 Å². The number of methoxy groups -OCH3 is 1. The monoisotopic (exact) mass is 481 g/mol. The van der Waals surface area contributed by atoms with Crippen LogP contribution in [0.1, 0.15) is 76.8 Å². The highest BCUT2D eigenvalue weighted by atomic mass is 16.7. The van der Waals surface area contributed by atoms with E-state index >= 15 is 0 Å². The number of fused-ring (bicyclic) bond motifs is 3. The number of nitrogens with zero attached hydrogens (tertiary/aromatic N) is 1. The molecule has 0 amide bonds. The van der Waals surface area contributed by atoms with Crippen LogP contribution in [0.5, 0.6) is 11.5 Å². The van der Waals surface area contributed by atoms with Gasteiger partial charge in [-0.15, -0.1) is 0 Å². The van der Waals surface area contributed by atoms with Crippen LogP contribution >= 0.6 is 0 Å². The van der Waals surface area contributed by atoms with E-state index in [-0.39, 0.29) is 17.6 Å². The molecule has 5 fully saturated rings. The van der Waals surface area contributed by atoms with Crippen LogP contribution < -0.4 is 9.47 Å². The van der Waals surface area contributed by atoms with Crippen molar-refractivity contribution < 1.29 is 18.9 Å². The Morgan fingerprint density at radius 3 is 2.80 bits per heavy atom. The maximum atomic E-state index is 6.99. The Balaban J connectivity index is 0.00000103. The number of benzene rings is 1. The summed E-state index contributed by atoms with van der Waals surface area (Å²) in [4.78, 5) is 2.89. The van der Waals surface area contributed by atoms with E-state index < -0.39 is 0 Å². The zero-order chi connectivity index (χ0) is 23.9. The van der Waals surface area contributed by atoms with E-state index in [1.807, 2.05) is 13.8 Å². The van der Waals surface area contributed by atoms with Gasteiger partial charge in [0, 0.05) is 41.4 Å². The average molecular weight is 482 g/mol. The first-order valence-electron chi connectivity index (χ1n) is 14.5. The zero-order valence-electron chi connectivity index (χ0n) is 22.1. The summed E-state index contributed by atoms with van der Waals surface area (Å²) >= 11 is 0. The van der Waals surface area contributed by atoms with Crippen LogP contribution in [0.2, 0.25) is 0 Å². The Kier molecular flexibility index (Phi) is 5.29. The third-order valence-electron chi connectivity index (χ3n) is 10.7. The standard InChI is InChI=1S/C28H37NO4.C2H6/c1-3-4-5-20-18-10-19-25-27(14-29(25)12-16-6-7-16)11-17-8-9-21(30-2)24-22(17)28(19,13-27)26(33-24)23(18)32-15-31-20;1-2/h8-9,16,18-20,23,25-26H,3-7,10-15H2,1-2H3;1-2H3/t18-,19?,20?,23?,25?,26+,27?,28?;/m1./s1. The molecule has 35 heavy (non-hydrogen) atoms. The van der Waals surface area contributed by atoms with Gasteiger partial charge in [0.15, 0.2) is 11.5 Å². The molecule has 1 aromatic rings. The van der Waals surface area contributed by atoms with Crippen LogP contribution in [0.3, 0.4) is 0 Å². The Hall–Kier alpha value is -1.30. The fourth-order valence-electron chi connectivity index (χ4n) is 9.58. The van der Waals surface area contributed by atoms with Gasteiger partial charge in [0.25, 0.3) is 0 Å². The van der Waals surface area contributed by atoms with E-state index in [2.05, 4.69) is 24.0 Å². The quantitative estimate of drug-likeness (QED) is 0.549. The third-order valence-corrected chi connectivity index (χ3v) is 10.7. The lowest BCUT2D eigenvalue weighted by Crippen LogP contribution is -2.66. The maximum Gasteiger partial charge on any atom is 0.165 e. The van der Waals surface area contributed by atoms with Crippen LogP contribution in [-0.4, -0.2) is 56.2 Å². The van der Waals surface area contributed by atoms with Gasteiger partial charge in [-0.25, -0.2) is 0 Å². The summed E-state index contributed by atoms with van der Waals surface area (Å²) in [5.74, 6) is 3.97. The second kappa shape index (κ2) is 8.10. The summed E-state index contributed by atoms with van der Waals surface area (Å²) in [6.45, 7) is 9.30. The van der Waals surface area contributed by atoms with Crippen LogP contribution in [0.15, 0.2) is 12.1 Å². The molecular formula is C30H43NO4. The van der Waals surface area contributed by atoms with E-state index in [1.165, 1.54) is 69.2 Å². The molecule has 1 aromatic carbocycles. The number of hydrogen-bond donors (Lipinski definition) is 0. The predicted molar refractivity (Wildman–Crippen MR) is 135 cm³/mol. The molecule has 8 atom stereocenters. The first kappa shape index (κ1) is 22.9. The van der Waals surface area contributed by atoms with Crippen molar-refractivity contribution in [2.45, 2.75) is 102 Å². The van der Waals surface area contributed by atoms with Crippen molar-refractivity contribution >= 4 is 0 Å². The van der Waals surface area contributed by atoms with Crippen molar-refractivity contribution in [3.05, 3.63) is 23.3 Å². The van der Waals surface area contributed by atoms with Crippen LogP contribution in [-0.2, 0) is 21.3 Å². The third kappa shape index (κ3) is 2.92. The molecule has 2 spiro atoms. The summed E-state index contributed by atoms with van der Waals surface area (Å²) in [6, 6.07) is 5.21. The van der Waals surface area contributed by atoms with Gasteiger partial charge in [-0.05, 0) is 62.0 Å². The minimum absolute atomic E-state index is 0.0915.